The van der Waals surface area contributed by atoms with Crippen LogP contribution in [0, 0.1) is 19.8 Å². The zero-order valence-electron chi connectivity index (χ0n) is 15.6. The average Bonchev–Trinajstić information content (AvgIpc) is 2.61. The summed E-state index contributed by atoms with van der Waals surface area (Å²) in [4.78, 5) is 25.1. The Hall–Kier alpha value is -3.28. The van der Waals surface area contributed by atoms with Crippen LogP contribution in [0.4, 0.5) is 10.5 Å². The summed E-state index contributed by atoms with van der Waals surface area (Å²) in [5.41, 5.74) is 3.93. The number of amides is 3. The topological polar surface area (TPSA) is 79.5 Å². The standard InChI is InChI=1S/C21H23N3O3/c1-12-9-10-15(13(2)11-12)19-18(14(3)22-21(26)24-19)20(25)23-16-7-5-6-8-17(16)27-4/h5-11,18-19H,3H2,1-2,4H3,(H,23,25)(H2,22,24,26)/t18-,19+/m1/s1. The molecule has 1 aliphatic rings. The third-order valence-electron chi connectivity index (χ3n) is 4.68. The smallest absolute Gasteiger partial charge is 0.319 e. The van der Waals surface area contributed by atoms with Crippen LogP contribution in [0.5, 0.6) is 5.75 Å². The fourth-order valence-electron chi connectivity index (χ4n) is 3.39. The second-order valence-corrected chi connectivity index (χ2v) is 6.63. The average molecular weight is 365 g/mol. The molecule has 2 aromatic carbocycles. The van der Waals surface area contributed by atoms with Crippen molar-refractivity contribution in [2.75, 3.05) is 12.4 Å². The molecule has 0 aliphatic carbocycles. The van der Waals surface area contributed by atoms with Crippen LogP contribution in [0.1, 0.15) is 22.7 Å². The zero-order chi connectivity index (χ0) is 19.6. The Morgan fingerprint density at radius 1 is 1.19 bits per heavy atom. The van der Waals surface area contributed by atoms with Gasteiger partial charge in [0.05, 0.1) is 18.8 Å². The first-order chi connectivity index (χ1) is 12.9. The van der Waals surface area contributed by atoms with Crippen molar-refractivity contribution in [3.05, 3.63) is 71.4 Å². The van der Waals surface area contributed by atoms with Crippen molar-refractivity contribution in [1.29, 1.82) is 0 Å². The summed E-state index contributed by atoms with van der Waals surface area (Å²) in [7, 11) is 1.55. The summed E-state index contributed by atoms with van der Waals surface area (Å²) < 4.78 is 5.30. The van der Waals surface area contributed by atoms with E-state index in [-0.39, 0.29) is 11.9 Å². The molecule has 1 aliphatic heterocycles. The highest BCUT2D eigenvalue weighted by atomic mass is 16.5. The molecule has 0 aromatic heterocycles. The lowest BCUT2D eigenvalue weighted by molar-refractivity contribution is -0.119. The van der Waals surface area contributed by atoms with Crippen LogP contribution in [-0.2, 0) is 4.79 Å². The van der Waals surface area contributed by atoms with Gasteiger partial charge in [0.2, 0.25) is 5.91 Å². The number of ether oxygens (including phenoxy) is 1. The second kappa shape index (κ2) is 7.53. The fourth-order valence-corrected chi connectivity index (χ4v) is 3.39. The lowest BCUT2D eigenvalue weighted by Gasteiger charge is -2.34. The van der Waals surface area contributed by atoms with Crippen LogP contribution in [0.2, 0.25) is 0 Å². The first kappa shape index (κ1) is 18.5. The van der Waals surface area contributed by atoms with Gasteiger partial charge in [-0.3, -0.25) is 4.79 Å². The van der Waals surface area contributed by atoms with Gasteiger partial charge in [-0.25, -0.2) is 4.79 Å². The maximum atomic E-state index is 13.1. The molecule has 1 heterocycles. The molecule has 3 rings (SSSR count). The van der Waals surface area contributed by atoms with Crippen molar-refractivity contribution in [3.63, 3.8) is 0 Å². The first-order valence-electron chi connectivity index (χ1n) is 8.68. The van der Waals surface area contributed by atoms with Gasteiger partial charge in [-0.1, -0.05) is 42.5 Å². The van der Waals surface area contributed by atoms with Crippen molar-refractivity contribution >= 4 is 17.6 Å². The van der Waals surface area contributed by atoms with Gasteiger partial charge in [-0.2, -0.15) is 0 Å². The predicted octanol–water partition coefficient (Wildman–Crippen LogP) is 3.43. The number of carbonyl (C=O) groups is 2. The Morgan fingerprint density at radius 2 is 1.93 bits per heavy atom. The first-order valence-corrected chi connectivity index (χ1v) is 8.68. The third-order valence-corrected chi connectivity index (χ3v) is 4.68. The highest BCUT2D eigenvalue weighted by molar-refractivity contribution is 5.98. The SMILES string of the molecule is C=C1NC(=O)N[C@@H](c2ccc(C)cc2C)[C@@H]1C(=O)Nc1ccccc1OC. The van der Waals surface area contributed by atoms with E-state index in [1.807, 2.05) is 44.2 Å². The number of rotatable bonds is 4. The van der Waals surface area contributed by atoms with Crippen LogP contribution in [0.25, 0.3) is 0 Å². The van der Waals surface area contributed by atoms with Crippen LogP contribution >= 0.6 is 0 Å². The number of benzene rings is 2. The van der Waals surface area contributed by atoms with Gasteiger partial charge in [0.1, 0.15) is 11.7 Å². The van der Waals surface area contributed by atoms with E-state index in [4.69, 9.17) is 4.74 Å². The van der Waals surface area contributed by atoms with Crippen LogP contribution < -0.4 is 20.7 Å². The van der Waals surface area contributed by atoms with E-state index < -0.39 is 12.0 Å². The van der Waals surface area contributed by atoms with E-state index in [0.29, 0.717) is 17.1 Å². The molecule has 3 N–H and O–H groups in total. The maximum Gasteiger partial charge on any atom is 0.319 e. The molecule has 6 nitrogen and oxygen atoms in total. The quantitative estimate of drug-likeness (QED) is 0.777. The molecule has 140 valence electrons. The molecule has 2 aromatic rings. The monoisotopic (exact) mass is 365 g/mol. The van der Waals surface area contributed by atoms with Gasteiger partial charge >= 0.3 is 6.03 Å². The Kier molecular flexibility index (Phi) is 5.16. The van der Waals surface area contributed by atoms with Crippen molar-refractivity contribution in [3.8, 4) is 5.75 Å². The van der Waals surface area contributed by atoms with Crippen molar-refractivity contribution < 1.29 is 14.3 Å². The summed E-state index contributed by atoms with van der Waals surface area (Å²) in [6.07, 6.45) is 0. The highest BCUT2D eigenvalue weighted by Crippen LogP contribution is 2.33. The van der Waals surface area contributed by atoms with E-state index in [9.17, 15) is 9.59 Å². The molecule has 0 saturated carbocycles. The fraction of sp³-hybridized carbons (Fsp3) is 0.238. The third kappa shape index (κ3) is 3.79. The number of urea groups is 1. The van der Waals surface area contributed by atoms with Gasteiger partial charge in [0.25, 0.3) is 0 Å². The highest BCUT2D eigenvalue weighted by Gasteiger charge is 2.38. The minimum atomic E-state index is -0.672. The molecule has 0 bridgehead atoms. The van der Waals surface area contributed by atoms with E-state index in [2.05, 4.69) is 22.5 Å². The number of aryl methyl sites for hydroxylation is 2. The molecule has 6 heteroatoms. The Labute approximate surface area is 158 Å². The molecule has 0 spiro atoms. The number of anilines is 1. The molecule has 2 atom stereocenters. The minimum Gasteiger partial charge on any atom is -0.495 e. The maximum absolute atomic E-state index is 13.1. The second-order valence-electron chi connectivity index (χ2n) is 6.63. The molecule has 1 fully saturated rings. The molecular formula is C21H23N3O3. The number of methoxy groups -OCH3 is 1. The number of hydrogen-bond donors (Lipinski definition) is 3. The van der Waals surface area contributed by atoms with Gasteiger partial charge in [-0.15, -0.1) is 0 Å². The largest absolute Gasteiger partial charge is 0.495 e. The lowest BCUT2D eigenvalue weighted by atomic mass is 9.85. The van der Waals surface area contributed by atoms with Crippen LogP contribution in [0.3, 0.4) is 0 Å². The lowest BCUT2D eigenvalue weighted by Crippen LogP contribution is -2.52. The predicted molar refractivity (Wildman–Crippen MR) is 105 cm³/mol. The zero-order valence-corrected chi connectivity index (χ0v) is 15.6. The normalized spacial score (nSPS) is 19.1. The molecule has 0 radical (unpaired) electrons. The molecule has 1 saturated heterocycles. The van der Waals surface area contributed by atoms with Crippen molar-refractivity contribution in [2.45, 2.75) is 19.9 Å². The summed E-state index contributed by atoms with van der Waals surface area (Å²) >= 11 is 0. The van der Waals surface area contributed by atoms with Crippen molar-refractivity contribution in [2.24, 2.45) is 5.92 Å². The van der Waals surface area contributed by atoms with E-state index in [1.54, 1.807) is 19.2 Å². The minimum absolute atomic E-state index is 0.276. The Bertz CT molecular complexity index is 907. The Morgan fingerprint density at radius 3 is 2.63 bits per heavy atom. The number of carbonyl (C=O) groups excluding carboxylic acids is 2. The molecular weight excluding hydrogens is 342 g/mol. The summed E-state index contributed by atoms with van der Waals surface area (Å²) in [6, 6.07) is 12.2. The van der Waals surface area contributed by atoms with E-state index in [0.717, 1.165) is 16.7 Å². The molecule has 0 unspecified atom stereocenters. The van der Waals surface area contributed by atoms with Gasteiger partial charge < -0.3 is 20.7 Å². The number of nitrogens with one attached hydrogen (secondary N) is 3. The van der Waals surface area contributed by atoms with Crippen molar-refractivity contribution in [1.82, 2.24) is 10.6 Å². The summed E-state index contributed by atoms with van der Waals surface area (Å²) in [6.45, 7) is 7.88. The van der Waals surface area contributed by atoms with Gasteiger partial charge in [0, 0.05) is 5.70 Å². The van der Waals surface area contributed by atoms with Crippen LogP contribution in [0.15, 0.2) is 54.7 Å². The number of hydrogen-bond acceptors (Lipinski definition) is 3. The molecule has 27 heavy (non-hydrogen) atoms. The summed E-state index contributed by atoms with van der Waals surface area (Å²) in [5, 5.41) is 8.38. The van der Waals surface area contributed by atoms with Crippen LogP contribution in [-0.4, -0.2) is 19.0 Å². The van der Waals surface area contributed by atoms with Gasteiger partial charge in [-0.05, 0) is 37.1 Å². The molecule has 3 amide bonds. The van der Waals surface area contributed by atoms with Gasteiger partial charge in [0.15, 0.2) is 0 Å². The summed E-state index contributed by atoms with van der Waals surface area (Å²) in [5.74, 6) is -0.386. The Balaban J connectivity index is 1.95. The van der Waals surface area contributed by atoms with E-state index >= 15 is 0 Å². The number of para-hydroxylation sites is 2. The van der Waals surface area contributed by atoms with E-state index in [1.165, 1.54) is 0 Å².